The van der Waals surface area contributed by atoms with E-state index in [1.807, 2.05) is 36.4 Å². The maximum atomic E-state index is 9.33. The first kappa shape index (κ1) is 12.1. The van der Waals surface area contributed by atoms with E-state index in [1.165, 1.54) is 0 Å². The van der Waals surface area contributed by atoms with Crippen LogP contribution in [-0.2, 0) is 12.0 Å². The quantitative estimate of drug-likeness (QED) is 0.867. The van der Waals surface area contributed by atoms with Gasteiger partial charge in [-0.3, -0.25) is 0 Å². The van der Waals surface area contributed by atoms with Crippen LogP contribution < -0.4 is 10.5 Å². The lowest BCUT2D eigenvalue weighted by Gasteiger charge is -2.35. The average molecular weight is 255 g/mol. The summed E-state index contributed by atoms with van der Waals surface area (Å²) in [7, 11) is 0. The number of ether oxygens (including phenoxy) is 1. The summed E-state index contributed by atoms with van der Waals surface area (Å²) in [4.78, 5) is 0. The van der Waals surface area contributed by atoms with Crippen molar-refractivity contribution in [2.75, 3.05) is 6.61 Å². The summed E-state index contributed by atoms with van der Waals surface area (Å²) in [5.74, 6) is 1.16. The molecule has 0 spiro atoms. The van der Waals surface area contributed by atoms with Crippen LogP contribution in [0.15, 0.2) is 48.5 Å². The molecule has 0 saturated carbocycles. The van der Waals surface area contributed by atoms with Crippen molar-refractivity contribution in [2.45, 2.75) is 18.4 Å². The number of para-hydroxylation sites is 1. The van der Waals surface area contributed by atoms with Crippen LogP contribution in [0.2, 0.25) is 0 Å². The van der Waals surface area contributed by atoms with Crippen LogP contribution in [0.3, 0.4) is 0 Å². The van der Waals surface area contributed by atoms with E-state index in [-0.39, 0.29) is 5.75 Å². The Labute approximate surface area is 112 Å². The molecule has 0 amide bonds. The Bertz CT molecular complexity index is 580. The minimum atomic E-state index is -0.397. The third-order valence-corrected chi connectivity index (χ3v) is 3.69. The summed E-state index contributed by atoms with van der Waals surface area (Å²) >= 11 is 0. The summed E-state index contributed by atoms with van der Waals surface area (Å²) in [6.45, 7) is 0.644. The number of phenolic OH excluding ortho intramolecular Hbond substituents is 1. The Morgan fingerprint density at radius 1 is 1.11 bits per heavy atom. The summed E-state index contributed by atoms with van der Waals surface area (Å²) in [6, 6.07) is 15.2. The van der Waals surface area contributed by atoms with Crippen LogP contribution in [0.25, 0.3) is 0 Å². The lowest BCUT2D eigenvalue weighted by Crippen LogP contribution is -2.43. The number of fused-ring (bicyclic) bond motifs is 1. The maximum Gasteiger partial charge on any atom is 0.124 e. The first-order valence-electron chi connectivity index (χ1n) is 6.46. The molecule has 3 rings (SSSR count). The van der Waals surface area contributed by atoms with Crippen LogP contribution in [0.5, 0.6) is 11.5 Å². The summed E-state index contributed by atoms with van der Waals surface area (Å²) < 4.78 is 5.66. The summed E-state index contributed by atoms with van der Waals surface area (Å²) in [6.07, 6.45) is 1.54. The smallest absolute Gasteiger partial charge is 0.124 e. The van der Waals surface area contributed by atoms with E-state index >= 15 is 0 Å². The topological polar surface area (TPSA) is 55.5 Å². The van der Waals surface area contributed by atoms with Crippen LogP contribution in [-0.4, -0.2) is 11.7 Å². The summed E-state index contributed by atoms with van der Waals surface area (Å²) in [5.41, 5.74) is 8.39. The SMILES string of the molecule is NC1(Cc2ccc(O)cc2)CCOc2ccccc21. The Hall–Kier alpha value is -2.00. The molecular weight excluding hydrogens is 238 g/mol. The highest BCUT2D eigenvalue weighted by molar-refractivity contribution is 5.42. The lowest BCUT2D eigenvalue weighted by atomic mass is 9.80. The predicted octanol–water partition coefficient (Wildman–Crippen LogP) is 2.57. The molecule has 98 valence electrons. The maximum absolute atomic E-state index is 9.33. The van der Waals surface area contributed by atoms with Crippen molar-refractivity contribution >= 4 is 0 Å². The van der Waals surface area contributed by atoms with Gasteiger partial charge in [0, 0.05) is 12.0 Å². The minimum Gasteiger partial charge on any atom is -0.508 e. The molecular formula is C16H17NO2. The molecule has 0 saturated heterocycles. The van der Waals surface area contributed by atoms with E-state index < -0.39 is 5.54 Å². The van der Waals surface area contributed by atoms with Crippen molar-refractivity contribution < 1.29 is 9.84 Å². The molecule has 3 heteroatoms. The Morgan fingerprint density at radius 2 is 1.84 bits per heavy atom. The van der Waals surface area contributed by atoms with Crippen molar-refractivity contribution in [3.63, 3.8) is 0 Å². The zero-order valence-electron chi connectivity index (χ0n) is 10.7. The van der Waals surface area contributed by atoms with Crippen LogP contribution in [0.1, 0.15) is 17.5 Å². The fraction of sp³-hybridized carbons (Fsp3) is 0.250. The van der Waals surface area contributed by atoms with Crippen molar-refractivity contribution in [3.8, 4) is 11.5 Å². The van der Waals surface area contributed by atoms with Crippen molar-refractivity contribution in [1.82, 2.24) is 0 Å². The molecule has 1 aliphatic heterocycles. The molecule has 1 heterocycles. The fourth-order valence-corrected chi connectivity index (χ4v) is 2.64. The normalized spacial score (nSPS) is 21.5. The number of nitrogens with two attached hydrogens (primary N) is 1. The van der Waals surface area contributed by atoms with Crippen LogP contribution in [0, 0.1) is 0 Å². The standard InChI is InChI=1S/C16H17NO2/c17-16(11-12-5-7-13(18)8-6-12)9-10-19-15-4-2-1-3-14(15)16/h1-8,18H,9-11,17H2. The van der Waals surface area contributed by atoms with Gasteiger partial charge in [0.25, 0.3) is 0 Å². The van der Waals surface area contributed by atoms with Gasteiger partial charge in [0.05, 0.1) is 12.1 Å². The van der Waals surface area contributed by atoms with E-state index in [9.17, 15) is 5.11 Å². The second-order valence-corrected chi connectivity index (χ2v) is 5.09. The number of hydrogen-bond donors (Lipinski definition) is 2. The highest BCUT2D eigenvalue weighted by Crippen LogP contribution is 2.37. The predicted molar refractivity (Wildman–Crippen MR) is 74.2 cm³/mol. The molecule has 0 aliphatic carbocycles. The number of aromatic hydroxyl groups is 1. The molecule has 2 aromatic carbocycles. The number of rotatable bonds is 2. The highest BCUT2D eigenvalue weighted by Gasteiger charge is 2.33. The minimum absolute atomic E-state index is 0.280. The highest BCUT2D eigenvalue weighted by atomic mass is 16.5. The number of phenols is 1. The van der Waals surface area contributed by atoms with E-state index in [2.05, 4.69) is 0 Å². The average Bonchev–Trinajstić information content (AvgIpc) is 2.42. The second kappa shape index (κ2) is 4.59. The van der Waals surface area contributed by atoms with E-state index in [4.69, 9.17) is 10.5 Å². The van der Waals surface area contributed by atoms with Gasteiger partial charge in [0.2, 0.25) is 0 Å². The van der Waals surface area contributed by atoms with E-state index in [0.717, 1.165) is 29.7 Å². The van der Waals surface area contributed by atoms with E-state index in [0.29, 0.717) is 6.61 Å². The largest absolute Gasteiger partial charge is 0.508 e. The summed E-state index contributed by atoms with van der Waals surface area (Å²) in [5, 5.41) is 9.33. The molecule has 1 aliphatic rings. The monoisotopic (exact) mass is 255 g/mol. The van der Waals surface area contributed by atoms with Gasteiger partial charge in [-0.2, -0.15) is 0 Å². The van der Waals surface area contributed by atoms with Gasteiger partial charge in [-0.1, -0.05) is 30.3 Å². The Morgan fingerprint density at radius 3 is 2.63 bits per heavy atom. The van der Waals surface area contributed by atoms with Gasteiger partial charge in [-0.25, -0.2) is 0 Å². The van der Waals surface area contributed by atoms with Gasteiger partial charge >= 0.3 is 0 Å². The molecule has 1 unspecified atom stereocenters. The van der Waals surface area contributed by atoms with Gasteiger partial charge in [-0.05, 0) is 30.2 Å². The molecule has 3 nitrogen and oxygen atoms in total. The molecule has 2 aromatic rings. The zero-order valence-corrected chi connectivity index (χ0v) is 10.7. The van der Waals surface area contributed by atoms with Crippen molar-refractivity contribution in [1.29, 1.82) is 0 Å². The molecule has 3 N–H and O–H groups in total. The lowest BCUT2D eigenvalue weighted by molar-refractivity contribution is 0.215. The van der Waals surface area contributed by atoms with E-state index in [1.54, 1.807) is 12.1 Å². The number of hydrogen-bond acceptors (Lipinski definition) is 3. The Kier molecular flexibility index (Phi) is 2.91. The molecule has 0 radical (unpaired) electrons. The molecule has 0 fully saturated rings. The molecule has 1 atom stereocenters. The number of benzene rings is 2. The molecule has 0 aromatic heterocycles. The Balaban J connectivity index is 1.93. The first-order valence-corrected chi connectivity index (χ1v) is 6.46. The molecule has 0 bridgehead atoms. The van der Waals surface area contributed by atoms with Gasteiger partial charge in [0.15, 0.2) is 0 Å². The molecule has 19 heavy (non-hydrogen) atoms. The van der Waals surface area contributed by atoms with Gasteiger partial charge in [0.1, 0.15) is 11.5 Å². The zero-order chi connectivity index (χ0) is 13.3. The van der Waals surface area contributed by atoms with Crippen molar-refractivity contribution in [3.05, 3.63) is 59.7 Å². The van der Waals surface area contributed by atoms with Crippen LogP contribution in [0.4, 0.5) is 0 Å². The van der Waals surface area contributed by atoms with Gasteiger partial charge < -0.3 is 15.6 Å². The fourth-order valence-electron chi connectivity index (χ4n) is 2.64. The third-order valence-electron chi connectivity index (χ3n) is 3.69. The third kappa shape index (κ3) is 2.29. The second-order valence-electron chi connectivity index (χ2n) is 5.09. The van der Waals surface area contributed by atoms with Crippen LogP contribution >= 0.6 is 0 Å². The van der Waals surface area contributed by atoms with Gasteiger partial charge in [-0.15, -0.1) is 0 Å². The van der Waals surface area contributed by atoms with Crippen molar-refractivity contribution in [2.24, 2.45) is 5.73 Å². The first-order chi connectivity index (χ1) is 9.17.